The Hall–Kier alpha value is -1.06. The van der Waals surface area contributed by atoms with Gasteiger partial charge in [-0.05, 0) is 25.0 Å². The number of hydrogen-bond donors (Lipinski definition) is 2. The molecule has 0 unspecified atom stereocenters. The summed E-state index contributed by atoms with van der Waals surface area (Å²) in [7, 11) is 0. The van der Waals surface area contributed by atoms with Crippen LogP contribution in [-0.2, 0) is 4.84 Å². The smallest absolute Gasteiger partial charge is 0.0682 e. The number of nitrogens with one attached hydrogen (secondary N) is 2. The molecule has 0 aliphatic rings. The molecular formula is C23H42N2O. The van der Waals surface area contributed by atoms with E-state index < -0.39 is 0 Å². The van der Waals surface area contributed by atoms with Gasteiger partial charge in [-0.2, -0.15) is 0 Å². The molecule has 150 valence electrons. The van der Waals surface area contributed by atoms with Crippen LogP contribution in [0.4, 0.5) is 5.69 Å². The van der Waals surface area contributed by atoms with Gasteiger partial charge >= 0.3 is 0 Å². The van der Waals surface area contributed by atoms with E-state index in [9.17, 15) is 0 Å². The van der Waals surface area contributed by atoms with Gasteiger partial charge in [0.1, 0.15) is 0 Å². The Morgan fingerprint density at radius 1 is 0.654 bits per heavy atom. The molecule has 0 aliphatic heterocycles. The van der Waals surface area contributed by atoms with Gasteiger partial charge in [0.15, 0.2) is 0 Å². The molecule has 0 spiro atoms. The van der Waals surface area contributed by atoms with E-state index in [4.69, 9.17) is 4.84 Å². The van der Waals surface area contributed by atoms with Crippen LogP contribution in [0.3, 0.4) is 0 Å². The standard InChI is InChI=1S/C23H42N2O/c1-2-3-4-5-6-7-8-9-10-11-12-16-22-26-25-21-17-20-24-23-18-14-13-15-19-23/h13-15,18-19,24-25H,2-12,16-17,20-22H2,1H3. The van der Waals surface area contributed by atoms with E-state index in [1.54, 1.807) is 0 Å². The third kappa shape index (κ3) is 15.2. The highest BCUT2D eigenvalue weighted by molar-refractivity contribution is 5.42. The third-order valence-electron chi connectivity index (χ3n) is 4.76. The fraction of sp³-hybridized carbons (Fsp3) is 0.739. The van der Waals surface area contributed by atoms with E-state index in [2.05, 4.69) is 42.0 Å². The highest BCUT2D eigenvalue weighted by atomic mass is 16.6. The van der Waals surface area contributed by atoms with Crippen molar-refractivity contribution in [2.75, 3.05) is 25.0 Å². The SMILES string of the molecule is CCCCCCCCCCCCCCONCCCNc1ccccc1. The van der Waals surface area contributed by atoms with Crippen molar-refractivity contribution in [3.8, 4) is 0 Å². The summed E-state index contributed by atoms with van der Waals surface area (Å²) >= 11 is 0. The normalized spacial score (nSPS) is 11.0. The van der Waals surface area contributed by atoms with Crippen molar-refractivity contribution in [3.63, 3.8) is 0 Å². The number of hydroxylamine groups is 1. The molecule has 0 saturated carbocycles. The van der Waals surface area contributed by atoms with Crippen molar-refractivity contribution in [1.29, 1.82) is 0 Å². The highest BCUT2D eigenvalue weighted by Gasteiger charge is 1.94. The van der Waals surface area contributed by atoms with E-state index in [0.29, 0.717) is 0 Å². The minimum Gasteiger partial charge on any atom is -0.385 e. The molecule has 1 rings (SSSR count). The largest absolute Gasteiger partial charge is 0.385 e. The first-order valence-electron chi connectivity index (χ1n) is 11.1. The lowest BCUT2D eigenvalue weighted by Gasteiger charge is -2.08. The maximum Gasteiger partial charge on any atom is 0.0682 e. The first kappa shape index (κ1) is 23.0. The summed E-state index contributed by atoms with van der Waals surface area (Å²) in [6.45, 7) is 4.99. The number of hydrogen-bond acceptors (Lipinski definition) is 3. The monoisotopic (exact) mass is 362 g/mol. The summed E-state index contributed by atoms with van der Waals surface area (Å²) in [5.74, 6) is 0. The molecular weight excluding hydrogens is 320 g/mol. The summed E-state index contributed by atoms with van der Waals surface area (Å²) in [6, 6.07) is 10.3. The Bertz CT molecular complexity index is 383. The summed E-state index contributed by atoms with van der Waals surface area (Å²) in [5.41, 5.74) is 4.26. The zero-order valence-electron chi connectivity index (χ0n) is 17.1. The number of para-hydroxylation sites is 1. The van der Waals surface area contributed by atoms with E-state index >= 15 is 0 Å². The molecule has 0 bridgehead atoms. The van der Waals surface area contributed by atoms with Gasteiger partial charge in [0.05, 0.1) is 6.61 Å². The summed E-state index contributed by atoms with van der Waals surface area (Å²) < 4.78 is 0. The Morgan fingerprint density at radius 3 is 1.85 bits per heavy atom. The van der Waals surface area contributed by atoms with E-state index in [1.165, 1.54) is 82.7 Å². The zero-order valence-corrected chi connectivity index (χ0v) is 17.1. The molecule has 1 aromatic rings. The lowest BCUT2D eigenvalue weighted by Crippen LogP contribution is -2.19. The van der Waals surface area contributed by atoms with Gasteiger partial charge in [-0.3, -0.25) is 0 Å². The van der Waals surface area contributed by atoms with Gasteiger partial charge in [0.2, 0.25) is 0 Å². The molecule has 0 amide bonds. The van der Waals surface area contributed by atoms with Gasteiger partial charge in [-0.25, -0.2) is 5.48 Å². The molecule has 0 aromatic heterocycles. The lowest BCUT2D eigenvalue weighted by molar-refractivity contribution is 0.0385. The average molecular weight is 363 g/mol. The zero-order chi connectivity index (χ0) is 18.5. The summed E-state index contributed by atoms with van der Waals surface area (Å²) in [6.07, 6.45) is 17.7. The molecule has 0 atom stereocenters. The number of rotatable bonds is 19. The predicted octanol–water partition coefficient (Wildman–Crippen LogP) is 6.71. The molecule has 0 saturated heterocycles. The molecule has 0 radical (unpaired) electrons. The summed E-state index contributed by atoms with van der Waals surface area (Å²) in [5, 5.41) is 3.40. The number of anilines is 1. The Kier molecular flexibility index (Phi) is 16.5. The quantitative estimate of drug-likeness (QED) is 0.212. The molecule has 3 heteroatoms. The van der Waals surface area contributed by atoms with E-state index in [1.807, 2.05) is 6.07 Å². The van der Waals surface area contributed by atoms with Crippen LogP contribution in [-0.4, -0.2) is 19.7 Å². The third-order valence-corrected chi connectivity index (χ3v) is 4.76. The topological polar surface area (TPSA) is 33.3 Å². The Labute approximate surface area is 162 Å². The van der Waals surface area contributed by atoms with Crippen LogP contribution < -0.4 is 10.8 Å². The average Bonchev–Trinajstić information content (AvgIpc) is 2.68. The number of unbranched alkanes of at least 4 members (excludes halogenated alkanes) is 11. The second kappa shape index (κ2) is 18.7. The number of benzene rings is 1. The molecule has 0 aliphatic carbocycles. The van der Waals surface area contributed by atoms with Crippen LogP contribution in [0.25, 0.3) is 0 Å². The first-order chi connectivity index (χ1) is 12.9. The second-order valence-electron chi connectivity index (χ2n) is 7.28. The van der Waals surface area contributed by atoms with Crippen LogP contribution in [0.2, 0.25) is 0 Å². The molecule has 0 fully saturated rings. The van der Waals surface area contributed by atoms with Gasteiger partial charge < -0.3 is 10.2 Å². The first-order valence-corrected chi connectivity index (χ1v) is 11.1. The van der Waals surface area contributed by atoms with Crippen molar-refractivity contribution < 1.29 is 4.84 Å². The Balaban J connectivity index is 1.68. The van der Waals surface area contributed by atoms with Crippen LogP contribution in [0.1, 0.15) is 90.4 Å². The molecule has 1 aromatic carbocycles. The minimum atomic E-state index is 0.837. The van der Waals surface area contributed by atoms with Crippen LogP contribution in [0.15, 0.2) is 30.3 Å². The van der Waals surface area contributed by atoms with Crippen molar-refractivity contribution in [3.05, 3.63) is 30.3 Å². The van der Waals surface area contributed by atoms with Gasteiger partial charge in [0.25, 0.3) is 0 Å². The van der Waals surface area contributed by atoms with E-state index in [-0.39, 0.29) is 0 Å². The predicted molar refractivity (Wildman–Crippen MR) is 115 cm³/mol. The van der Waals surface area contributed by atoms with E-state index in [0.717, 1.165) is 26.1 Å². The molecule has 2 N–H and O–H groups in total. The van der Waals surface area contributed by atoms with Gasteiger partial charge in [0, 0.05) is 18.8 Å². The Morgan fingerprint density at radius 2 is 1.23 bits per heavy atom. The highest BCUT2D eigenvalue weighted by Crippen LogP contribution is 2.11. The van der Waals surface area contributed by atoms with Gasteiger partial charge in [-0.15, -0.1) is 0 Å². The fourth-order valence-corrected chi connectivity index (χ4v) is 3.11. The lowest BCUT2D eigenvalue weighted by atomic mass is 10.1. The second-order valence-corrected chi connectivity index (χ2v) is 7.28. The molecule has 26 heavy (non-hydrogen) atoms. The summed E-state index contributed by atoms with van der Waals surface area (Å²) in [4.78, 5) is 5.50. The molecule has 3 nitrogen and oxygen atoms in total. The van der Waals surface area contributed by atoms with Crippen molar-refractivity contribution in [2.45, 2.75) is 90.4 Å². The van der Waals surface area contributed by atoms with Crippen LogP contribution in [0.5, 0.6) is 0 Å². The molecule has 0 heterocycles. The van der Waals surface area contributed by atoms with Crippen LogP contribution in [0, 0.1) is 0 Å². The van der Waals surface area contributed by atoms with Crippen LogP contribution >= 0.6 is 0 Å². The minimum absolute atomic E-state index is 0.837. The van der Waals surface area contributed by atoms with Crippen molar-refractivity contribution in [2.24, 2.45) is 0 Å². The van der Waals surface area contributed by atoms with Crippen molar-refractivity contribution in [1.82, 2.24) is 5.48 Å². The van der Waals surface area contributed by atoms with Gasteiger partial charge in [-0.1, -0.05) is 95.8 Å². The fourth-order valence-electron chi connectivity index (χ4n) is 3.11. The van der Waals surface area contributed by atoms with Crippen molar-refractivity contribution >= 4 is 5.69 Å². The maximum atomic E-state index is 5.50. The maximum absolute atomic E-state index is 5.50.